The fourth-order valence-corrected chi connectivity index (χ4v) is 2.91. The van der Waals surface area contributed by atoms with Crippen molar-refractivity contribution in [3.8, 4) is 11.5 Å². The quantitative estimate of drug-likeness (QED) is 0.772. The molecule has 1 atom stereocenters. The maximum absolute atomic E-state index is 12.3. The molecule has 0 spiro atoms. The molecule has 0 heterocycles. The van der Waals surface area contributed by atoms with Gasteiger partial charge in [-0.3, -0.25) is 4.79 Å². The zero-order valence-corrected chi connectivity index (χ0v) is 14.4. The lowest BCUT2D eigenvalue weighted by Crippen LogP contribution is -2.22. The second kappa shape index (κ2) is 8.48. The molecule has 1 amide bonds. The second-order valence-corrected chi connectivity index (χ2v) is 6.28. The number of nitrogens with one attached hydrogen (secondary N) is 1. The van der Waals surface area contributed by atoms with Crippen LogP contribution in [0.3, 0.4) is 0 Å². The summed E-state index contributed by atoms with van der Waals surface area (Å²) in [5.74, 6) is 1.22. The first-order valence-electron chi connectivity index (χ1n) is 7.47. The molecule has 4 nitrogen and oxygen atoms in total. The van der Waals surface area contributed by atoms with Crippen LogP contribution in [0.15, 0.2) is 53.4 Å². The van der Waals surface area contributed by atoms with Gasteiger partial charge in [0.25, 0.3) is 0 Å². The number of hydrogen-bond donors (Lipinski definition) is 1. The first-order valence-corrected chi connectivity index (χ1v) is 8.35. The lowest BCUT2D eigenvalue weighted by atomic mass is 10.2. The normalized spacial score (nSPS) is 11.6. The van der Waals surface area contributed by atoms with E-state index >= 15 is 0 Å². The number of benzene rings is 2. The summed E-state index contributed by atoms with van der Waals surface area (Å²) in [7, 11) is 1.58. The smallest absolute Gasteiger partial charge is 0.237 e. The van der Waals surface area contributed by atoms with Crippen molar-refractivity contribution in [2.24, 2.45) is 0 Å². The van der Waals surface area contributed by atoms with E-state index in [1.807, 2.05) is 50.2 Å². The molecule has 122 valence electrons. The molecule has 0 saturated carbocycles. The summed E-state index contributed by atoms with van der Waals surface area (Å²) in [5.41, 5.74) is 0.691. The van der Waals surface area contributed by atoms with Gasteiger partial charge in [0.2, 0.25) is 5.91 Å². The van der Waals surface area contributed by atoms with E-state index in [1.165, 1.54) is 11.8 Å². The summed E-state index contributed by atoms with van der Waals surface area (Å²) < 4.78 is 10.8. The van der Waals surface area contributed by atoms with Gasteiger partial charge in [0.05, 0.1) is 19.0 Å². The van der Waals surface area contributed by atoms with Crippen LogP contribution in [0, 0.1) is 0 Å². The van der Waals surface area contributed by atoms with Crippen molar-refractivity contribution in [3.63, 3.8) is 0 Å². The molecule has 0 aliphatic heterocycles. The molecule has 2 aromatic carbocycles. The molecule has 0 aromatic heterocycles. The number of hydrogen-bond acceptors (Lipinski definition) is 4. The van der Waals surface area contributed by atoms with Gasteiger partial charge in [0.15, 0.2) is 11.5 Å². The molecule has 0 radical (unpaired) electrons. The van der Waals surface area contributed by atoms with Crippen LogP contribution in [0.4, 0.5) is 5.69 Å². The van der Waals surface area contributed by atoms with Gasteiger partial charge in [-0.2, -0.15) is 0 Å². The van der Waals surface area contributed by atoms with E-state index in [0.717, 1.165) is 4.90 Å². The summed E-state index contributed by atoms with van der Waals surface area (Å²) >= 11 is 1.52. The molecule has 0 bridgehead atoms. The maximum Gasteiger partial charge on any atom is 0.237 e. The molecule has 0 unspecified atom stereocenters. The Morgan fingerprint density at radius 1 is 1.17 bits per heavy atom. The molecular formula is C18H21NO3S. The number of ether oxygens (including phenoxy) is 2. The Morgan fingerprint density at radius 2 is 1.91 bits per heavy atom. The first kappa shape index (κ1) is 17.2. The van der Waals surface area contributed by atoms with Gasteiger partial charge < -0.3 is 14.8 Å². The number of thioether (sulfide) groups is 1. The number of anilines is 1. The summed E-state index contributed by atoms with van der Waals surface area (Å²) in [6.07, 6.45) is 0. The summed E-state index contributed by atoms with van der Waals surface area (Å²) in [6, 6.07) is 15.2. The van der Waals surface area contributed by atoms with Gasteiger partial charge in [0.1, 0.15) is 0 Å². The number of carbonyl (C=O) groups excluding carboxylic acids is 1. The minimum Gasteiger partial charge on any atom is -0.493 e. The van der Waals surface area contributed by atoms with E-state index in [-0.39, 0.29) is 11.2 Å². The van der Waals surface area contributed by atoms with Crippen LogP contribution in [0.5, 0.6) is 11.5 Å². The molecule has 0 saturated heterocycles. The van der Waals surface area contributed by atoms with Crippen molar-refractivity contribution in [1.82, 2.24) is 0 Å². The molecule has 0 aliphatic carbocycles. The average molecular weight is 331 g/mol. The maximum atomic E-state index is 12.3. The molecule has 1 N–H and O–H groups in total. The summed E-state index contributed by atoms with van der Waals surface area (Å²) in [6.45, 7) is 4.36. The number of carbonyl (C=O) groups is 1. The van der Waals surface area contributed by atoms with Crippen LogP contribution in [0.1, 0.15) is 13.8 Å². The largest absolute Gasteiger partial charge is 0.493 e. The monoisotopic (exact) mass is 331 g/mol. The van der Waals surface area contributed by atoms with Crippen LogP contribution in [0.2, 0.25) is 0 Å². The highest BCUT2D eigenvalue weighted by Gasteiger charge is 2.15. The van der Waals surface area contributed by atoms with Crippen LogP contribution < -0.4 is 14.8 Å². The van der Waals surface area contributed by atoms with Crippen molar-refractivity contribution in [1.29, 1.82) is 0 Å². The van der Waals surface area contributed by atoms with Crippen molar-refractivity contribution < 1.29 is 14.3 Å². The van der Waals surface area contributed by atoms with E-state index in [9.17, 15) is 4.79 Å². The Hall–Kier alpha value is -2.14. The van der Waals surface area contributed by atoms with Gasteiger partial charge in [-0.1, -0.05) is 18.2 Å². The Bertz CT molecular complexity index is 646. The first-order chi connectivity index (χ1) is 11.1. The van der Waals surface area contributed by atoms with Crippen LogP contribution in [-0.2, 0) is 4.79 Å². The standard InChI is InChI=1S/C18H21NO3S/c1-4-22-16-11-10-14(12-17(16)21-3)19-18(20)13(2)23-15-8-6-5-7-9-15/h5-13H,4H2,1-3H3,(H,19,20)/t13-/m1/s1. The fraction of sp³-hybridized carbons (Fsp3) is 0.278. The third kappa shape index (κ3) is 4.93. The number of rotatable bonds is 7. The van der Waals surface area contributed by atoms with Gasteiger partial charge >= 0.3 is 0 Å². The van der Waals surface area contributed by atoms with Gasteiger partial charge in [-0.05, 0) is 38.1 Å². The molecule has 0 aliphatic rings. The van der Waals surface area contributed by atoms with E-state index < -0.39 is 0 Å². The Balaban J connectivity index is 2.01. The molecule has 2 aromatic rings. The molecular weight excluding hydrogens is 310 g/mol. The summed E-state index contributed by atoms with van der Waals surface area (Å²) in [5, 5.41) is 2.71. The zero-order valence-electron chi connectivity index (χ0n) is 13.5. The third-order valence-corrected chi connectivity index (χ3v) is 4.27. The zero-order chi connectivity index (χ0) is 16.7. The SMILES string of the molecule is CCOc1ccc(NC(=O)[C@@H](C)Sc2ccccc2)cc1OC. The fourth-order valence-electron chi connectivity index (χ4n) is 2.02. The minimum atomic E-state index is -0.199. The Labute approximate surface area is 141 Å². The van der Waals surface area contributed by atoms with Crippen molar-refractivity contribution in [2.45, 2.75) is 24.0 Å². The second-order valence-electron chi connectivity index (χ2n) is 4.86. The third-order valence-electron chi connectivity index (χ3n) is 3.16. The molecule has 5 heteroatoms. The molecule has 2 rings (SSSR count). The van der Waals surface area contributed by atoms with Crippen LogP contribution >= 0.6 is 11.8 Å². The topological polar surface area (TPSA) is 47.6 Å². The number of methoxy groups -OCH3 is 1. The highest BCUT2D eigenvalue weighted by atomic mass is 32.2. The van der Waals surface area contributed by atoms with Crippen molar-refractivity contribution in [2.75, 3.05) is 19.0 Å². The van der Waals surface area contributed by atoms with Gasteiger partial charge in [-0.25, -0.2) is 0 Å². The lowest BCUT2D eigenvalue weighted by molar-refractivity contribution is -0.115. The van der Waals surface area contributed by atoms with Gasteiger partial charge in [-0.15, -0.1) is 11.8 Å². The summed E-state index contributed by atoms with van der Waals surface area (Å²) in [4.78, 5) is 13.4. The van der Waals surface area contributed by atoms with Crippen LogP contribution in [-0.4, -0.2) is 24.9 Å². The predicted octanol–water partition coefficient (Wildman–Crippen LogP) is 4.21. The van der Waals surface area contributed by atoms with E-state index in [4.69, 9.17) is 9.47 Å². The van der Waals surface area contributed by atoms with Gasteiger partial charge in [0, 0.05) is 16.6 Å². The molecule has 23 heavy (non-hydrogen) atoms. The van der Waals surface area contributed by atoms with E-state index in [0.29, 0.717) is 23.8 Å². The van der Waals surface area contributed by atoms with Crippen molar-refractivity contribution >= 4 is 23.4 Å². The lowest BCUT2D eigenvalue weighted by Gasteiger charge is -2.14. The van der Waals surface area contributed by atoms with Crippen LogP contribution in [0.25, 0.3) is 0 Å². The van der Waals surface area contributed by atoms with E-state index in [1.54, 1.807) is 19.2 Å². The predicted molar refractivity (Wildman–Crippen MR) is 94.6 cm³/mol. The highest BCUT2D eigenvalue weighted by molar-refractivity contribution is 8.00. The van der Waals surface area contributed by atoms with Crippen molar-refractivity contribution in [3.05, 3.63) is 48.5 Å². The highest BCUT2D eigenvalue weighted by Crippen LogP contribution is 2.31. The number of amides is 1. The average Bonchev–Trinajstić information content (AvgIpc) is 2.57. The van der Waals surface area contributed by atoms with E-state index in [2.05, 4.69) is 5.32 Å². The minimum absolute atomic E-state index is 0.0509. The Morgan fingerprint density at radius 3 is 2.57 bits per heavy atom. The Kier molecular flexibility index (Phi) is 6.35. The molecule has 0 fully saturated rings.